The largest absolute Gasteiger partial charge is 0.454 e. The van der Waals surface area contributed by atoms with Crippen LogP contribution < -0.4 is 5.32 Å². The van der Waals surface area contributed by atoms with Gasteiger partial charge < -0.3 is 10.1 Å². The second kappa shape index (κ2) is 6.74. The highest BCUT2D eigenvalue weighted by Gasteiger charge is 2.23. The molecule has 0 saturated heterocycles. The summed E-state index contributed by atoms with van der Waals surface area (Å²) in [5, 5.41) is 15.1. The molecular weight excluding hydrogens is 322 g/mol. The highest BCUT2D eigenvalue weighted by atomic mass is 35.5. The fourth-order valence-corrected chi connectivity index (χ4v) is 1.95. The van der Waals surface area contributed by atoms with Crippen molar-refractivity contribution in [1.82, 2.24) is 25.5 Å². The molecule has 3 rings (SSSR count). The monoisotopic (exact) mass is 335 g/mol. The molecule has 0 bridgehead atoms. The van der Waals surface area contributed by atoms with Crippen molar-refractivity contribution in [2.45, 2.75) is 25.4 Å². The minimum atomic E-state index is -0.601. The maximum Gasteiger partial charge on any atom is 0.330 e. The minimum absolute atomic E-state index is 0.211. The van der Waals surface area contributed by atoms with Gasteiger partial charge in [0, 0.05) is 16.6 Å². The second-order valence-electron chi connectivity index (χ2n) is 5.15. The van der Waals surface area contributed by atoms with Gasteiger partial charge in [0.05, 0.1) is 0 Å². The number of rotatable bonds is 6. The SMILES string of the molecule is O=C(COC(=O)Cn1nnc(-c2ccc(Cl)cc2)n1)NC1CC1. The van der Waals surface area contributed by atoms with E-state index >= 15 is 0 Å². The first-order valence-electron chi connectivity index (χ1n) is 7.09. The molecule has 9 heteroatoms. The summed E-state index contributed by atoms with van der Waals surface area (Å²) >= 11 is 5.81. The van der Waals surface area contributed by atoms with Gasteiger partial charge in [-0.3, -0.25) is 4.79 Å². The molecule has 1 aliphatic rings. The van der Waals surface area contributed by atoms with Gasteiger partial charge in [0.15, 0.2) is 13.2 Å². The molecule has 1 fully saturated rings. The number of esters is 1. The smallest absolute Gasteiger partial charge is 0.330 e. The van der Waals surface area contributed by atoms with E-state index in [2.05, 4.69) is 20.7 Å². The van der Waals surface area contributed by atoms with E-state index in [4.69, 9.17) is 16.3 Å². The molecule has 8 nitrogen and oxygen atoms in total. The van der Waals surface area contributed by atoms with Crippen molar-refractivity contribution in [2.75, 3.05) is 6.61 Å². The van der Waals surface area contributed by atoms with E-state index < -0.39 is 5.97 Å². The lowest BCUT2D eigenvalue weighted by Gasteiger charge is -2.04. The molecule has 23 heavy (non-hydrogen) atoms. The van der Waals surface area contributed by atoms with Crippen LogP contribution in [0.15, 0.2) is 24.3 Å². The zero-order chi connectivity index (χ0) is 16.2. The van der Waals surface area contributed by atoms with Gasteiger partial charge in [-0.25, -0.2) is 4.79 Å². The van der Waals surface area contributed by atoms with Gasteiger partial charge in [-0.05, 0) is 42.3 Å². The fraction of sp³-hybridized carbons (Fsp3) is 0.357. The van der Waals surface area contributed by atoms with Crippen LogP contribution in [-0.2, 0) is 20.9 Å². The van der Waals surface area contributed by atoms with Crippen molar-refractivity contribution in [3.05, 3.63) is 29.3 Å². The van der Waals surface area contributed by atoms with Crippen molar-refractivity contribution < 1.29 is 14.3 Å². The first-order valence-corrected chi connectivity index (χ1v) is 7.47. The lowest BCUT2D eigenvalue weighted by Crippen LogP contribution is -2.31. The highest BCUT2D eigenvalue weighted by Crippen LogP contribution is 2.18. The number of hydrogen-bond donors (Lipinski definition) is 1. The third kappa shape index (κ3) is 4.49. The van der Waals surface area contributed by atoms with Crippen molar-refractivity contribution in [2.24, 2.45) is 0 Å². The van der Waals surface area contributed by atoms with Crippen LogP contribution in [0, 0.1) is 0 Å². The van der Waals surface area contributed by atoms with Crippen LogP contribution in [-0.4, -0.2) is 44.7 Å². The highest BCUT2D eigenvalue weighted by molar-refractivity contribution is 6.30. The number of aromatic nitrogens is 4. The standard InChI is InChI=1S/C14H14ClN5O3/c15-10-3-1-9(2-4-10)14-17-19-20(18-14)7-13(22)23-8-12(21)16-11-5-6-11/h1-4,11H,5-8H2,(H,16,21). The zero-order valence-corrected chi connectivity index (χ0v) is 12.9. The number of nitrogens with zero attached hydrogens (tertiary/aromatic N) is 4. The average Bonchev–Trinajstić information content (AvgIpc) is 3.22. The lowest BCUT2D eigenvalue weighted by atomic mass is 10.2. The third-order valence-electron chi connectivity index (χ3n) is 3.13. The van der Waals surface area contributed by atoms with Crippen molar-refractivity contribution in [3.8, 4) is 11.4 Å². The number of nitrogens with one attached hydrogen (secondary N) is 1. The molecule has 0 aliphatic heterocycles. The van der Waals surface area contributed by atoms with Gasteiger partial charge in [0.25, 0.3) is 5.91 Å². The second-order valence-corrected chi connectivity index (χ2v) is 5.59. The molecule has 120 valence electrons. The van der Waals surface area contributed by atoms with E-state index in [-0.39, 0.29) is 25.1 Å². The van der Waals surface area contributed by atoms with E-state index in [0.717, 1.165) is 23.2 Å². The number of halogens is 1. The van der Waals surface area contributed by atoms with Crippen molar-refractivity contribution in [1.29, 1.82) is 0 Å². The molecule has 1 aliphatic carbocycles. The van der Waals surface area contributed by atoms with Crippen LogP contribution in [0.4, 0.5) is 0 Å². The van der Waals surface area contributed by atoms with E-state index in [0.29, 0.717) is 10.8 Å². The molecule has 1 saturated carbocycles. The number of carbonyl (C=O) groups excluding carboxylic acids is 2. The third-order valence-corrected chi connectivity index (χ3v) is 3.38. The van der Waals surface area contributed by atoms with Gasteiger partial charge in [-0.2, -0.15) is 4.80 Å². The number of tetrazole rings is 1. The first-order chi connectivity index (χ1) is 11.1. The molecule has 2 aromatic rings. The Hall–Kier alpha value is -2.48. The Kier molecular flexibility index (Phi) is 4.52. The van der Waals surface area contributed by atoms with Crippen LogP contribution in [0.5, 0.6) is 0 Å². The zero-order valence-electron chi connectivity index (χ0n) is 12.1. The number of amides is 1. The van der Waals surface area contributed by atoms with Crippen LogP contribution in [0.2, 0.25) is 5.02 Å². The molecule has 0 radical (unpaired) electrons. The summed E-state index contributed by atoms with van der Waals surface area (Å²) in [6, 6.07) is 7.17. The molecule has 1 amide bonds. The Morgan fingerprint density at radius 1 is 1.30 bits per heavy atom. The minimum Gasteiger partial charge on any atom is -0.454 e. The van der Waals surface area contributed by atoms with E-state index in [1.807, 2.05) is 0 Å². The van der Waals surface area contributed by atoms with E-state index in [1.165, 1.54) is 0 Å². The normalized spacial score (nSPS) is 13.6. The molecule has 1 heterocycles. The van der Waals surface area contributed by atoms with Gasteiger partial charge in [-0.1, -0.05) is 11.6 Å². The molecule has 0 atom stereocenters. The Labute approximate surface area is 136 Å². The van der Waals surface area contributed by atoms with Crippen molar-refractivity contribution in [3.63, 3.8) is 0 Å². The van der Waals surface area contributed by atoms with E-state index in [1.54, 1.807) is 24.3 Å². The Morgan fingerprint density at radius 3 is 2.74 bits per heavy atom. The van der Waals surface area contributed by atoms with Crippen LogP contribution in [0.25, 0.3) is 11.4 Å². The lowest BCUT2D eigenvalue weighted by molar-refractivity contribution is -0.149. The molecule has 0 spiro atoms. The number of carbonyl (C=O) groups is 2. The van der Waals surface area contributed by atoms with Crippen LogP contribution in [0.3, 0.4) is 0 Å². The molecule has 0 unspecified atom stereocenters. The summed E-state index contributed by atoms with van der Waals surface area (Å²) in [6.45, 7) is -0.509. The Balaban J connectivity index is 1.50. The summed E-state index contributed by atoms with van der Waals surface area (Å²) in [6.07, 6.45) is 1.96. The van der Waals surface area contributed by atoms with Crippen molar-refractivity contribution >= 4 is 23.5 Å². The van der Waals surface area contributed by atoms with Crippen LogP contribution in [0.1, 0.15) is 12.8 Å². The van der Waals surface area contributed by atoms with E-state index in [9.17, 15) is 9.59 Å². The summed E-state index contributed by atoms with van der Waals surface area (Å²) in [4.78, 5) is 24.2. The first kappa shape index (κ1) is 15.4. The molecule has 1 N–H and O–H groups in total. The number of ether oxygens (including phenoxy) is 1. The summed E-state index contributed by atoms with van der Waals surface area (Å²) in [5.74, 6) is -0.522. The quantitative estimate of drug-likeness (QED) is 0.784. The molecular formula is C14H14ClN5O3. The average molecular weight is 336 g/mol. The molecule has 1 aromatic heterocycles. The number of hydrogen-bond acceptors (Lipinski definition) is 6. The number of benzene rings is 1. The maximum atomic E-state index is 11.7. The van der Waals surface area contributed by atoms with Gasteiger partial charge >= 0.3 is 5.97 Å². The van der Waals surface area contributed by atoms with Crippen LogP contribution >= 0.6 is 11.6 Å². The summed E-state index contributed by atoms with van der Waals surface area (Å²) in [5.41, 5.74) is 0.734. The fourth-order valence-electron chi connectivity index (χ4n) is 1.83. The Bertz CT molecular complexity index is 711. The molecule has 1 aromatic carbocycles. The summed E-state index contributed by atoms with van der Waals surface area (Å²) < 4.78 is 4.87. The predicted molar refractivity (Wildman–Crippen MR) is 80.4 cm³/mol. The topological polar surface area (TPSA) is 99.0 Å². The maximum absolute atomic E-state index is 11.7. The van der Waals surface area contributed by atoms with Gasteiger partial charge in [-0.15, -0.1) is 10.2 Å². The predicted octanol–water partition coefficient (Wildman–Crippen LogP) is 0.815. The van der Waals surface area contributed by atoms with Gasteiger partial charge in [0.1, 0.15) is 0 Å². The summed E-state index contributed by atoms with van der Waals surface area (Å²) in [7, 11) is 0. The Morgan fingerprint density at radius 2 is 2.04 bits per heavy atom. The van der Waals surface area contributed by atoms with Gasteiger partial charge in [0.2, 0.25) is 5.82 Å².